The number of alkyl halides is 3. The summed E-state index contributed by atoms with van der Waals surface area (Å²) in [5.74, 6) is 1.73. The molecule has 36 heavy (non-hydrogen) atoms. The number of nitrogens with two attached hydrogens (primary N) is 1. The van der Waals surface area contributed by atoms with Crippen LogP contribution in [0.2, 0.25) is 0 Å². The number of aliphatic imine (C=N–C) groups is 1. The minimum atomic E-state index is -0.123. The number of piperidine rings is 1. The van der Waals surface area contributed by atoms with Crippen molar-refractivity contribution in [3.05, 3.63) is 83.7 Å². The second-order valence-corrected chi connectivity index (χ2v) is 21.7. The Bertz CT molecular complexity index is 1390. The number of rotatable bonds is 3. The summed E-state index contributed by atoms with van der Waals surface area (Å²) in [6, 6.07) is 17.1. The summed E-state index contributed by atoms with van der Waals surface area (Å²) in [4.78, 5) is 18.0. The molecule has 0 bridgehead atoms. The number of aromatic nitrogens is 2. The molecule has 6 rings (SSSR count). The predicted octanol–water partition coefficient (Wildman–Crippen LogP) is 7.44. The summed E-state index contributed by atoms with van der Waals surface area (Å²) in [6.07, 6.45) is 5.06. The van der Waals surface area contributed by atoms with Gasteiger partial charge in [-0.05, 0) is 128 Å². The Kier molecular flexibility index (Phi) is 6.91. The van der Waals surface area contributed by atoms with Gasteiger partial charge in [0.05, 0.1) is 5.69 Å². The van der Waals surface area contributed by atoms with Gasteiger partial charge in [-0.2, -0.15) is 0 Å². The summed E-state index contributed by atoms with van der Waals surface area (Å²) >= 11 is 8.88. The van der Waals surface area contributed by atoms with Crippen molar-refractivity contribution in [1.29, 1.82) is 0 Å². The van der Waals surface area contributed by atoms with E-state index in [1.54, 1.807) is 11.8 Å². The van der Waals surface area contributed by atoms with E-state index in [1.165, 1.54) is 11.1 Å². The number of likely N-dealkylation sites (tertiary alicyclic amines) is 1. The Labute approximate surface area is 256 Å². The first kappa shape index (κ1) is 25.5. The van der Waals surface area contributed by atoms with Crippen LogP contribution in [0.4, 0.5) is 5.82 Å². The van der Waals surface area contributed by atoms with Crippen molar-refractivity contribution >= 4 is 96.8 Å². The summed E-state index contributed by atoms with van der Waals surface area (Å²) in [5.41, 5.74) is 12.7. The van der Waals surface area contributed by atoms with E-state index in [-0.39, 0.29) is 10.9 Å². The summed E-state index contributed by atoms with van der Waals surface area (Å²) in [7, 11) is 0. The molecule has 4 heterocycles. The Morgan fingerprint density at radius 2 is 1.83 bits per heavy atom. The third-order valence-electron chi connectivity index (χ3n) is 7.56. The average molecular weight is 831 g/mol. The largest absolute Gasteiger partial charge is 0.356 e. The smallest absolute Gasteiger partial charge is 0.166 e. The van der Waals surface area contributed by atoms with Crippen LogP contribution in [0.25, 0.3) is 5.57 Å². The lowest BCUT2D eigenvalue weighted by Crippen LogP contribution is -2.46. The maximum atomic E-state index is 6.78. The van der Waals surface area contributed by atoms with E-state index in [0.717, 1.165) is 70.8 Å². The fourth-order valence-corrected chi connectivity index (χ4v) is 8.41. The highest BCUT2D eigenvalue weighted by molar-refractivity contribution is 14.3. The van der Waals surface area contributed by atoms with E-state index in [2.05, 4.69) is 127 Å². The van der Waals surface area contributed by atoms with Crippen LogP contribution in [0.1, 0.15) is 41.3 Å². The average Bonchev–Trinajstić information content (AvgIpc) is 3.33. The highest BCUT2D eigenvalue weighted by Crippen LogP contribution is 2.52. The maximum absolute atomic E-state index is 6.78. The van der Waals surface area contributed by atoms with Crippen molar-refractivity contribution in [3.8, 4) is 0 Å². The topological polar surface area (TPSA) is 67.4 Å². The number of nitrogens with zero attached hydrogens (tertiary/aromatic N) is 4. The zero-order chi connectivity index (χ0) is 25.1. The van der Waals surface area contributed by atoms with Gasteiger partial charge in [-0.15, -0.1) is 0 Å². The number of benzene rings is 1. The number of hydrogen-bond donors (Lipinski definition) is 1. The van der Waals surface area contributed by atoms with Crippen LogP contribution in [0.15, 0.2) is 76.2 Å². The number of fused-ring (bicyclic) bond motifs is 2. The second kappa shape index (κ2) is 9.76. The van der Waals surface area contributed by atoms with Gasteiger partial charge in [0.2, 0.25) is 0 Å². The van der Waals surface area contributed by atoms with Crippen molar-refractivity contribution in [2.75, 3.05) is 13.1 Å². The lowest BCUT2D eigenvalue weighted by molar-refractivity contribution is 0.128. The lowest BCUT2D eigenvalue weighted by atomic mass is 9.73. The zero-order valence-electron chi connectivity index (χ0n) is 19.4. The molecule has 0 unspecified atom stereocenters. The molecule has 5 nitrogen and oxygen atoms in total. The number of hydrogen-bond acceptors (Lipinski definition) is 6. The van der Waals surface area contributed by atoms with Crippen molar-refractivity contribution in [2.45, 2.75) is 34.7 Å². The fraction of sp³-hybridized carbons (Fsp3) is 0.296. The van der Waals surface area contributed by atoms with E-state index in [9.17, 15) is 0 Å². The van der Waals surface area contributed by atoms with Crippen LogP contribution in [-0.4, -0.2) is 33.8 Å². The Morgan fingerprint density at radius 1 is 1.06 bits per heavy atom. The molecule has 0 amide bonds. The first-order chi connectivity index (χ1) is 17.2. The van der Waals surface area contributed by atoms with E-state index in [1.807, 2.05) is 12.3 Å². The van der Waals surface area contributed by atoms with Crippen LogP contribution < -0.4 is 5.73 Å². The highest BCUT2D eigenvalue weighted by Gasteiger charge is 2.46. The monoisotopic (exact) mass is 831 g/mol. The Morgan fingerprint density at radius 3 is 2.58 bits per heavy atom. The number of pyridine rings is 2. The highest BCUT2D eigenvalue weighted by atomic mass is 127. The molecule has 184 valence electrons. The van der Waals surface area contributed by atoms with E-state index < -0.39 is 0 Å². The minimum Gasteiger partial charge on any atom is -0.356 e. The van der Waals surface area contributed by atoms with Crippen LogP contribution in [0, 0.1) is 5.41 Å². The maximum Gasteiger partial charge on any atom is 0.166 e. The molecular formula is C27H24I3N5S. The van der Waals surface area contributed by atoms with Crippen LogP contribution in [0.5, 0.6) is 0 Å². The molecule has 1 aliphatic carbocycles. The van der Waals surface area contributed by atoms with Gasteiger partial charge < -0.3 is 10.6 Å². The molecule has 3 aromatic rings. The first-order valence-corrected chi connectivity index (χ1v) is 15.9. The normalized spacial score (nSPS) is 20.4. The summed E-state index contributed by atoms with van der Waals surface area (Å²) < 4.78 is -0.123. The van der Waals surface area contributed by atoms with Gasteiger partial charge in [0.25, 0.3) is 0 Å². The van der Waals surface area contributed by atoms with Crippen LogP contribution in [-0.2, 0) is 5.86 Å². The molecule has 2 N–H and O–H groups in total. The zero-order valence-corrected chi connectivity index (χ0v) is 26.7. The Hall–Kier alpha value is -0.770. The van der Waals surface area contributed by atoms with Gasteiger partial charge >= 0.3 is 0 Å². The summed E-state index contributed by atoms with van der Waals surface area (Å²) in [5, 5.41) is 0.918. The van der Waals surface area contributed by atoms with Gasteiger partial charge in [-0.1, -0.05) is 42.6 Å². The van der Waals surface area contributed by atoms with Gasteiger partial charge in [0.15, 0.2) is 5.25 Å². The molecule has 1 atom stereocenters. The van der Waals surface area contributed by atoms with Gasteiger partial charge in [-0.3, -0.25) is 4.98 Å². The molecular weight excluding hydrogens is 807 g/mol. The molecule has 1 saturated heterocycles. The number of amidine groups is 1. The second-order valence-electron chi connectivity index (χ2n) is 9.59. The van der Waals surface area contributed by atoms with Crippen molar-refractivity contribution < 1.29 is 0 Å². The molecule has 1 spiro atoms. The number of halogens is 3. The first-order valence-electron chi connectivity index (χ1n) is 11.8. The van der Waals surface area contributed by atoms with Crippen LogP contribution >= 0.6 is 79.5 Å². The Balaban J connectivity index is 1.20. The van der Waals surface area contributed by atoms with Gasteiger partial charge in [0, 0.05) is 41.4 Å². The molecule has 9 heteroatoms. The minimum absolute atomic E-state index is 0.117. The molecule has 0 radical (unpaired) electrons. The molecule has 0 saturated carbocycles. The SMILES string of the molecule is C=C1C(N2CCC3(CC2)Cc2ccccc2[C@H]3N)=Nc2nc(Sc3cccnc3C(I)(I)I)ccc21. The predicted molar refractivity (Wildman–Crippen MR) is 173 cm³/mol. The standard InChI is InChI=1S/C27H24I3N5S/c1-16-18-8-9-21(36-20-7-4-12-32-23(20)27(28,29)30)33-24(18)34-25(16)35-13-10-26(11-14-35)15-17-5-2-3-6-19(17)22(26)31/h2-9,12,22H,1,10-11,13-15,31H2/t22-/m1/s1. The molecule has 2 aliphatic heterocycles. The quantitative estimate of drug-likeness (QED) is 0.220. The van der Waals surface area contributed by atoms with Crippen molar-refractivity contribution in [3.63, 3.8) is 0 Å². The summed E-state index contributed by atoms with van der Waals surface area (Å²) in [6.45, 7) is 6.28. The molecule has 1 fully saturated rings. The fourth-order valence-electron chi connectivity index (χ4n) is 5.63. The lowest BCUT2D eigenvalue weighted by Gasteiger charge is -2.43. The molecule has 2 aromatic heterocycles. The van der Waals surface area contributed by atoms with E-state index >= 15 is 0 Å². The van der Waals surface area contributed by atoms with Gasteiger partial charge in [0.1, 0.15) is 10.9 Å². The molecule has 3 aliphatic rings. The van der Waals surface area contributed by atoms with E-state index in [4.69, 9.17) is 15.7 Å². The third kappa shape index (κ3) is 4.54. The molecule has 1 aromatic carbocycles. The van der Waals surface area contributed by atoms with Crippen molar-refractivity contribution in [2.24, 2.45) is 16.1 Å². The van der Waals surface area contributed by atoms with Crippen molar-refractivity contribution in [1.82, 2.24) is 14.9 Å². The third-order valence-corrected chi connectivity index (χ3v) is 10.1. The van der Waals surface area contributed by atoms with E-state index in [0.29, 0.717) is 0 Å². The van der Waals surface area contributed by atoms with Crippen LogP contribution in [0.3, 0.4) is 0 Å². The van der Waals surface area contributed by atoms with Gasteiger partial charge in [-0.25, -0.2) is 9.98 Å².